The van der Waals surface area contributed by atoms with Crippen LogP contribution in [-0.2, 0) is 23.7 Å². The molecule has 2 heterocycles. The zero-order valence-electron chi connectivity index (χ0n) is 32.9. The van der Waals surface area contributed by atoms with Crippen LogP contribution in [-0.4, -0.2) is 163 Å². The van der Waals surface area contributed by atoms with Gasteiger partial charge in [0.15, 0.2) is 12.6 Å². The van der Waals surface area contributed by atoms with Gasteiger partial charge in [0.1, 0.15) is 61.0 Å². The summed E-state index contributed by atoms with van der Waals surface area (Å²) in [5.74, 6) is -0.778. The Morgan fingerprint density at radius 2 is 1.18 bits per heavy atom. The van der Waals surface area contributed by atoms with Gasteiger partial charge in [-0.25, -0.2) is 0 Å². The van der Waals surface area contributed by atoms with Crippen molar-refractivity contribution in [3.63, 3.8) is 0 Å². The van der Waals surface area contributed by atoms with Gasteiger partial charge in [0, 0.05) is 0 Å². The fraction of sp³-hybridized carbons (Fsp3) is 0.923. The van der Waals surface area contributed by atoms with Gasteiger partial charge >= 0.3 is 0 Å². The molecule has 2 aliphatic rings. The number of hydrogen-bond acceptors (Lipinski definition) is 15. The van der Waals surface area contributed by atoms with Crippen molar-refractivity contribution in [1.29, 1.82) is 0 Å². The fourth-order valence-corrected chi connectivity index (χ4v) is 6.80. The molecule has 55 heavy (non-hydrogen) atoms. The summed E-state index contributed by atoms with van der Waals surface area (Å²) >= 11 is 0. The minimum Gasteiger partial charge on any atom is -0.394 e. The molecule has 11 N–H and O–H groups in total. The van der Waals surface area contributed by atoms with Gasteiger partial charge in [-0.2, -0.15) is 0 Å². The number of allylic oxidation sites excluding steroid dienone is 2. The van der Waals surface area contributed by atoms with Crippen molar-refractivity contribution in [1.82, 2.24) is 5.32 Å². The Kier molecular flexibility index (Phi) is 25.5. The summed E-state index contributed by atoms with van der Waals surface area (Å²) in [6.45, 7) is 2.24. The number of carbonyl (C=O) groups is 1. The molecule has 14 atom stereocenters. The lowest BCUT2D eigenvalue weighted by atomic mass is 9.97. The second-order valence-electron chi connectivity index (χ2n) is 15.0. The highest BCUT2D eigenvalue weighted by Gasteiger charge is 2.51. The van der Waals surface area contributed by atoms with E-state index in [0.29, 0.717) is 12.8 Å². The largest absolute Gasteiger partial charge is 0.394 e. The molecule has 1 amide bonds. The number of nitrogens with one attached hydrogen (secondary N) is 1. The number of carbonyl (C=O) groups excluding carboxylic acids is 1. The number of hydrogen-bond donors (Lipinski definition) is 11. The number of rotatable bonds is 29. The highest BCUT2D eigenvalue weighted by Crippen LogP contribution is 2.30. The molecule has 2 fully saturated rings. The Balaban J connectivity index is 2.03. The lowest BCUT2D eigenvalue weighted by Gasteiger charge is -2.46. The lowest BCUT2D eigenvalue weighted by molar-refractivity contribution is -0.359. The predicted octanol–water partition coefficient (Wildman–Crippen LogP) is 0.422. The van der Waals surface area contributed by atoms with E-state index >= 15 is 0 Å². The molecule has 16 nitrogen and oxygen atoms in total. The molecule has 2 saturated heterocycles. The van der Waals surface area contributed by atoms with E-state index in [2.05, 4.69) is 31.3 Å². The Hall–Kier alpha value is -1.35. The SMILES string of the molecule is CCCCCCC/C=C\CCCC[C@@H](O)[C@@H](O)[C@H](CO[C@@H]1O[C@H](CO)[C@@H](O[C@@H]2O[C@H](CO)[C@H](O)[C@H](O)[C@H]2O)[C@H](O)[C@H]1O)NC(=O)[C@H](O)CCCCCCCC. The predicted molar refractivity (Wildman–Crippen MR) is 201 cm³/mol. The summed E-state index contributed by atoms with van der Waals surface area (Å²) in [6, 6.07) is -1.28. The molecule has 324 valence electrons. The van der Waals surface area contributed by atoms with Gasteiger partial charge in [-0.15, -0.1) is 0 Å². The van der Waals surface area contributed by atoms with Crippen LogP contribution in [0.1, 0.15) is 123 Å². The molecule has 0 saturated carbocycles. The Bertz CT molecular complexity index is 1020. The van der Waals surface area contributed by atoms with Gasteiger partial charge in [-0.1, -0.05) is 96.6 Å². The van der Waals surface area contributed by atoms with Crippen molar-refractivity contribution in [2.75, 3.05) is 19.8 Å². The number of aliphatic hydroxyl groups excluding tert-OH is 10. The van der Waals surface area contributed by atoms with E-state index in [9.17, 15) is 55.9 Å². The van der Waals surface area contributed by atoms with Crippen LogP contribution < -0.4 is 5.32 Å². The second-order valence-corrected chi connectivity index (χ2v) is 15.0. The molecule has 0 radical (unpaired) electrons. The monoisotopic (exact) mass is 795 g/mol. The van der Waals surface area contributed by atoms with Crippen molar-refractivity contribution in [2.45, 2.75) is 209 Å². The molecule has 0 bridgehead atoms. The number of ether oxygens (including phenoxy) is 4. The summed E-state index contributed by atoms with van der Waals surface area (Å²) in [7, 11) is 0. The quantitative estimate of drug-likeness (QED) is 0.0362. The first kappa shape index (κ1) is 49.8. The highest BCUT2D eigenvalue weighted by molar-refractivity contribution is 5.80. The minimum atomic E-state index is -1.85. The number of unbranched alkanes of at least 4 members (excludes halogenated alkanes) is 12. The summed E-state index contributed by atoms with van der Waals surface area (Å²) in [4.78, 5) is 13.0. The smallest absolute Gasteiger partial charge is 0.249 e. The molecule has 0 unspecified atom stereocenters. The van der Waals surface area contributed by atoms with E-state index in [1.165, 1.54) is 25.7 Å². The van der Waals surface area contributed by atoms with Crippen molar-refractivity contribution in [2.24, 2.45) is 0 Å². The maximum Gasteiger partial charge on any atom is 0.249 e. The average Bonchev–Trinajstić information content (AvgIpc) is 3.18. The fourth-order valence-electron chi connectivity index (χ4n) is 6.80. The molecular weight excluding hydrogens is 722 g/mol. The first-order chi connectivity index (χ1) is 26.4. The summed E-state index contributed by atoms with van der Waals surface area (Å²) in [5, 5.41) is 107. The standard InChI is InChI=1S/C39H73NO15/c1-3-5-7-9-11-12-13-14-15-17-18-20-26(43)30(45)25(40-37(51)27(44)21-19-16-10-8-6-4-2)24-52-38-35(50)33(48)36(29(23-42)54-38)55-39-34(49)32(47)31(46)28(22-41)53-39/h13-14,25-36,38-39,41-50H,3-12,15-24H2,1-2H3,(H,40,51)/b14-13-/t25-,26+,27+,28+,29+,30-,31-,32-,33+,34+,35+,36+,38+,39-/m0/s1. The van der Waals surface area contributed by atoms with E-state index < -0.39 is 111 Å². The summed E-state index contributed by atoms with van der Waals surface area (Å²) in [6.07, 6.45) is -1.07. The number of amides is 1. The Labute approximate surface area is 326 Å². The average molecular weight is 796 g/mol. The van der Waals surface area contributed by atoms with Crippen molar-refractivity contribution in [3.8, 4) is 0 Å². The Morgan fingerprint density at radius 1 is 0.655 bits per heavy atom. The lowest BCUT2D eigenvalue weighted by Crippen LogP contribution is -2.65. The van der Waals surface area contributed by atoms with E-state index in [1.54, 1.807) is 0 Å². The minimum absolute atomic E-state index is 0.196. The molecule has 0 aromatic rings. The second kappa shape index (κ2) is 28.1. The van der Waals surface area contributed by atoms with Gasteiger partial charge in [0.05, 0.1) is 32.0 Å². The van der Waals surface area contributed by atoms with Crippen LogP contribution in [0.25, 0.3) is 0 Å². The molecule has 16 heteroatoms. The van der Waals surface area contributed by atoms with Crippen LogP contribution in [0.2, 0.25) is 0 Å². The maximum absolute atomic E-state index is 13.0. The summed E-state index contributed by atoms with van der Waals surface area (Å²) in [5.41, 5.74) is 0. The van der Waals surface area contributed by atoms with Gasteiger partial charge in [-0.05, 0) is 38.5 Å². The van der Waals surface area contributed by atoms with E-state index in [4.69, 9.17) is 18.9 Å². The topological polar surface area (TPSA) is 268 Å². The highest BCUT2D eigenvalue weighted by atomic mass is 16.7. The third kappa shape index (κ3) is 17.2. The van der Waals surface area contributed by atoms with Crippen molar-refractivity contribution < 1.29 is 74.8 Å². The molecule has 0 aromatic heterocycles. The third-order valence-corrected chi connectivity index (χ3v) is 10.4. The van der Waals surface area contributed by atoms with Gasteiger partial charge in [0.25, 0.3) is 0 Å². The molecule has 2 aliphatic heterocycles. The van der Waals surface area contributed by atoms with Crippen LogP contribution in [0.4, 0.5) is 0 Å². The zero-order chi connectivity index (χ0) is 40.8. The van der Waals surface area contributed by atoms with Gasteiger partial charge < -0.3 is 75.3 Å². The zero-order valence-corrected chi connectivity index (χ0v) is 32.9. The Morgan fingerprint density at radius 3 is 1.80 bits per heavy atom. The van der Waals surface area contributed by atoms with Crippen molar-refractivity contribution >= 4 is 5.91 Å². The molecular formula is C39H73NO15. The summed E-state index contributed by atoms with van der Waals surface area (Å²) < 4.78 is 22.3. The van der Waals surface area contributed by atoms with Crippen LogP contribution in [0.15, 0.2) is 12.2 Å². The van der Waals surface area contributed by atoms with Crippen LogP contribution in [0.5, 0.6) is 0 Å². The molecule has 0 aliphatic carbocycles. The molecule has 0 aromatic carbocycles. The van der Waals surface area contributed by atoms with E-state index in [0.717, 1.165) is 57.8 Å². The van der Waals surface area contributed by atoms with Crippen LogP contribution in [0, 0.1) is 0 Å². The van der Waals surface area contributed by atoms with Crippen LogP contribution >= 0.6 is 0 Å². The van der Waals surface area contributed by atoms with Gasteiger partial charge in [-0.3, -0.25) is 4.79 Å². The first-order valence-electron chi connectivity index (χ1n) is 20.6. The number of aliphatic hydroxyl groups is 10. The normalized spacial score (nSPS) is 31.0. The molecule has 2 rings (SSSR count). The van der Waals surface area contributed by atoms with Crippen LogP contribution in [0.3, 0.4) is 0 Å². The van der Waals surface area contributed by atoms with Gasteiger partial charge in [0.2, 0.25) is 5.91 Å². The van der Waals surface area contributed by atoms with Crippen molar-refractivity contribution in [3.05, 3.63) is 12.2 Å². The third-order valence-electron chi connectivity index (χ3n) is 10.4. The maximum atomic E-state index is 13.0. The van der Waals surface area contributed by atoms with E-state index in [1.807, 2.05) is 0 Å². The van der Waals surface area contributed by atoms with E-state index in [-0.39, 0.29) is 12.8 Å². The molecule has 0 spiro atoms. The first-order valence-corrected chi connectivity index (χ1v) is 20.6.